The zero-order chi connectivity index (χ0) is 15.6. The predicted octanol–water partition coefficient (Wildman–Crippen LogP) is 1.31. The van der Waals surface area contributed by atoms with Crippen LogP contribution in [0.4, 0.5) is 5.69 Å². The van der Waals surface area contributed by atoms with Crippen LogP contribution in [0.5, 0.6) is 0 Å². The molecular formula is C13H18BrN3O3S. The fourth-order valence-electron chi connectivity index (χ4n) is 2.49. The van der Waals surface area contributed by atoms with Gasteiger partial charge in [0.05, 0.1) is 4.90 Å². The minimum atomic E-state index is -3.58. The van der Waals surface area contributed by atoms with E-state index in [0.29, 0.717) is 42.5 Å². The molecule has 0 aliphatic carbocycles. The molecule has 6 nitrogen and oxygen atoms in total. The number of primary amides is 1. The van der Waals surface area contributed by atoms with Crippen molar-refractivity contribution < 1.29 is 13.2 Å². The van der Waals surface area contributed by atoms with Gasteiger partial charge in [0, 0.05) is 29.7 Å². The molecule has 1 saturated heterocycles. The molecule has 1 aromatic rings. The molecule has 0 unspecified atom stereocenters. The first kappa shape index (κ1) is 16.3. The average molecular weight is 376 g/mol. The number of amides is 1. The number of nitrogens with zero attached hydrogens (tertiary/aromatic N) is 1. The maximum Gasteiger partial charge on any atom is 0.244 e. The van der Waals surface area contributed by atoms with Gasteiger partial charge in [-0.05, 0) is 52.9 Å². The zero-order valence-electron chi connectivity index (χ0n) is 11.5. The van der Waals surface area contributed by atoms with Crippen LogP contribution in [0, 0.1) is 5.92 Å². The standard InChI is InChI=1S/C13H18BrN3O3S/c14-11-2-1-10(15)8-12(11)21(19,20)17-5-3-9(4-6-17)7-13(16)18/h1-2,8-9H,3-7,15H2,(H2,16,18). The van der Waals surface area contributed by atoms with Crippen molar-refractivity contribution in [1.29, 1.82) is 0 Å². The molecule has 116 valence electrons. The van der Waals surface area contributed by atoms with E-state index in [1.165, 1.54) is 10.4 Å². The highest BCUT2D eigenvalue weighted by molar-refractivity contribution is 9.10. The Morgan fingerprint density at radius 3 is 2.52 bits per heavy atom. The van der Waals surface area contributed by atoms with E-state index < -0.39 is 10.0 Å². The molecule has 0 spiro atoms. The second-order valence-electron chi connectivity index (χ2n) is 5.21. The molecule has 2 rings (SSSR count). The third-order valence-corrected chi connectivity index (χ3v) is 6.53. The van der Waals surface area contributed by atoms with Crippen LogP contribution >= 0.6 is 15.9 Å². The monoisotopic (exact) mass is 375 g/mol. The number of carbonyl (C=O) groups excluding carboxylic acids is 1. The zero-order valence-corrected chi connectivity index (χ0v) is 13.9. The van der Waals surface area contributed by atoms with Gasteiger partial charge in [-0.25, -0.2) is 8.42 Å². The first-order valence-electron chi connectivity index (χ1n) is 6.64. The number of anilines is 1. The van der Waals surface area contributed by atoms with Crippen LogP contribution in [-0.2, 0) is 14.8 Å². The Hall–Kier alpha value is -1.12. The summed E-state index contributed by atoms with van der Waals surface area (Å²) in [4.78, 5) is 11.1. The molecule has 1 aromatic carbocycles. The van der Waals surface area contributed by atoms with Crippen LogP contribution in [0.2, 0.25) is 0 Å². The lowest BCUT2D eigenvalue weighted by Gasteiger charge is -2.31. The Bertz CT molecular complexity index is 640. The van der Waals surface area contributed by atoms with E-state index in [9.17, 15) is 13.2 Å². The van der Waals surface area contributed by atoms with Gasteiger partial charge in [0.1, 0.15) is 0 Å². The Kier molecular flexibility index (Phi) is 4.90. The van der Waals surface area contributed by atoms with Crippen LogP contribution in [-0.4, -0.2) is 31.7 Å². The van der Waals surface area contributed by atoms with Gasteiger partial charge in [-0.1, -0.05) is 0 Å². The highest BCUT2D eigenvalue weighted by Crippen LogP contribution is 2.30. The van der Waals surface area contributed by atoms with Gasteiger partial charge in [-0.15, -0.1) is 0 Å². The maximum atomic E-state index is 12.6. The second-order valence-corrected chi connectivity index (χ2v) is 7.97. The molecule has 0 saturated carbocycles. The molecule has 0 aromatic heterocycles. The molecular weight excluding hydrogens is 358 g/mol. The van der Waals surface area contributed by atoms with Crippen molar-refractivity contribution in [2.24, 2.45) is 11.7 Å². The number of nitrogens with two attached hydrogens (primary N) is 2. The van der Waals surface area contributed by atoms with E-state index in [1.54, 1.807) is 12.1 Å². The largest absolute Gasteiger partial charge is 0.399 e. The van der Waals surface area contributed by atoms with Crippen LogP contribution in [0.15, 0.2) is 27.6 Å². The Labute approximate surface area is 132 Å². The van der Waals surface area contributed by atoms with E-state index in [0.717, 1.165) is 0 Å². The Morgan fingerprint density at radius 1 is 1.33 bits per heavy atom. The molecule has 1 heterocycles. The first-order valence-corrected chi connectivity index (χ1v) is 8.87. The van der Waals surface area contributed by atoms with Crippen molar-refractivity contribution in [2.75, 3.05) is 18.8 Å². The third-order valence-electron chi connectivity index (χ3n) is 3.64. The Balaban J connectivity index is 2.15. The summed E-state index contributed by atoms with van der Waals surface area (Å²) in [5, 5.41) is 0. The fourth-order valence-corrected chi connectivity index (χ4v) is 4.92. The molecule has 1 aliphatic heterocycles. The van der Waals surface area contributed by atoms with Gasteiger partial charge in [0.15, 0.2) is 0 Å². The third kappa shape index (κ3) is 3.75. The predicted molar refractivity (Wildman–Crippen MR) is 83.8 cm³/mol. The topological polar surface area (TPSA) is 106 Å². The van der Waals surface area contributed by atoms with Gasteiger partial charge in [0.25, 0.3) is 0 Å². The summed E-state index contributed by atoms with van der Waals surface area (Å²) < 4.78 is 27.2. The van der Waals surface area contributed by atoms with Crippen molar-refractivity contribution >= 4 is 37.5 Å². The summed E-state index contributed by atoms with van der Waals surface area (Å²) in [5.41, 5.74) is 11.3. The van der Waals surface area contributed by atoms with Crippen LogP contribution in [0.1, 0.15) is 19.3 Å². The Morgan fingerprint density at radius 2 is 1.95 bits per heavy atom. The summed E-state index contributed by atoms with van der Waals surface area (Å²) in [6, 6.07) is 4.72. The summed E-state index contributed by atoms with van der Waals surface area (Å²) in [6.45, 7) is 0.781. The molecule has 1 fully saturated rings. The van der Waals surface area contributed by atoms with Crippen molar-refractivity contribution in [3.8, 4) is 0 Å². The second kappa shape index (κ2) is 6.33. The molecule has 1 aliphatic rings. The highest BCUT2D eigenvalue weighted by Gasteiger charge is 2.31. The van der Waals surface area contributed by atoms with Crippen LogP contribution in [0.25, 0.3) is 0 Å². The number of rotatable bonds is 4. The summed E-state index contributed by atoms with van der Waals surface area (Å²) in [6.07, 6.45) is 1.60. The van der Waals surface area contributed by atoms with Gasteiger partial charge in [0.2, 0.25) is 15.9 Å². The van der Waals surface area contributed by atoms with Crippen molar-refractivity contribution in [2.45, 2.75) is 24.2 Å². The number of benzene rings is 1. The normalized spacial score (nSPS) is 17.8. The molecule has 21 heavy (non-hydrogen) atoms. The lowest BCUT2D eigenvalue weighted by molar-refractivity contribution is -0.119. The van der Waals surface area contributed by atoms with Gasteiger partial charge >= 0.3 is 0 Å². The molecule has 0 radical (unpaired) electrons. The van der Waals surface area contributed by atoms with Crippen LogP contribution in [0.3, 0.4) is 0 Å². The maximum absolute atomic E-state index is 12.6. The quantitative estimate of drug-likeness (QED) is 0.773. The highest BCUT2D eigenvalue weighted by atomic mass is 79.9. The average Bonchev–Trinajstić information content (AvgIpc) is 2.41. The van der Waals surface area contributed by atoms with E-state index in [4.69, 9.17) is 11.5 Å². The number of carbonyl (C=O) groups is 1. The van der Waals surface area contributed by atoms with E-state index in [1.807, 2.05) is 0 Å². The van der Waals surface area contributed by atoms with Gasteiger partial charge in [-0.3, -0.25) is 4.79 Å². The first-order chi connectivity index (χ1) is 9.80. The minimum absolute atomic E-state index is 0.165. The minimum Gasteiger partial charge on any atom is -0.399 e. The van der Waals surface area contributed by atoms with E-state index >= 15 is 0 Å². The number of halogens is 1. The number of hydrogen-bond donors (Lipinski definition) is 2. The summed E-state index contributed by atoms with van der Waals surface area (Å²) >= 11 is 3.25. The van der Waals surface area contributed by atoms with E-state index in [-0.39, 0.29) is 16.7 Å². The molecule has 0 atom stereocenters. The van der Waals surface area contributed by atoms with E-state index in [2.05, 4.69) is 15.9 Å². The number of sulfonamides is 1. The molecule has 1 amide bonds. The molecule has 8 heteroatoms. The lowest BCUT2D eigenvalue weighted by atomic mass is 9.94. The van der Waals surface area contributed by atoms with Crippen molar-refractivity contribution in [3.05, 3.63) is 22.7 Å². The summed E-state index contributed by atoms with van der Waals surface area (Å²) in [7, 11) is -3.58. The number of hydrogen-bond acceptors (Lipinski definition) is 4. The number of nitrogen functional groups attached to an aromatic ring is 1. The lowest BCUT2D eigenvalue weighted by Crippen LogP contribution is -2.39. The molecule has 0 bridgehead atoms. The van der Waals surface area contributed by atoms with Crippen molar-refractivity contribution in [3.63, 3.8) is 0 Å². The number of piperidine rings is 1. The fraction of sp³-hybridized carbons (Fsp3) is 0.462. The van der Waals surface area contributed by atoms with Crippen LogP contribution < -0.4 is 11.5 Å². The van der Waals surface area contributed by atoms with Gasteiger partial charge in [-0.2, -0.15) is 4.31 Å². The van der Waals surface area contributed by atoms with Gasteiger partial charge < -0.3 is 11.5 Å². The van der Waals surface area contributed by atoms with Crippen molar-refractivity contribution in [1.82, 2.24) is 4.31 Å². The summed E-state index contributed by atoms with van der Waals surface area (Å²) in [5.74, 6) is -0.173. The SMILES string of the molecule is NC(=O)CC1CCN(S(=O)(=O)c2cc(N)ccc2Br)CC1. The smallest absolute Gasteiger partial charge is 0.244 e. The molecule has 4 N–H and O–H groups in total.